The Balaban J connectivity index is 2.10. The number of ether oxygens (including phenoxy) is 1. The number of phenolic OH excluding ortho intramolecular Hbond substituents is 2. The maximum absolute atomic E-state index is 9.39. The Morgan fingerprint density at radius 2 is 1.31 bits per heavy atom. The van der Waals surface area contributed by atoms with Crippen molar-refractivity contribution < 1.29 is 14.9 Å². The van der Waals surface area contributed by atoms with Gasteiger partial charge in [-0.15, -0.1) is 0 Å². The molecule has 2 aromatic carbocycles. The summed E-state index contributed by atoms with van der Waals surface area (Å²) < 4.78 is 5.67. The van der Waals surface area contributed by atoms with Gasteiger partial charge in [-0.1, -0.05) is 0 Å². The third-order valence-electron chi connectivity index (χ3n) is 2.69. The molecule has 0 spiro atoms. The van der Waals surface area contributed by atoms with E-state index in [-0.39, 0.29) is 11.5 Å². The van der Waals surface area contributed by atoms with Crippen molar-refractivity contribution in [1.82, 2.24) is 0 Å². The lowest BCUT2D eigenvalue weighted by Crippen LogP contribution is -2.02. The number of rotatable bonds is 0. The Morgan fingerprint density at radius 1 is 0.812 bits per heavy atom. The molecule has 2 aromatic rings. The number of phenols is 2. The van der Waals surface area contributed by atoms with E-state index in [1.54, 1.807) is 36.4 Å². The number of fused-ring (bicyclic) bond motifs is 2. The highest BCUT2D eigenvalue weighted by molar-refractivity contribution is 5.53. The molecule has 0 bridgehead atoms. The van der Waals surface area contributed by atoms with Crippen LogP contribution in [-0.4, -0.2) is 10.2 Å². The summed E-state index contributed by atoms with van der Waals surface area (Å²) in [7, 11) is 0. The van der Waals surface area contributed by atoms with Crippen LogP contribution in [0.3, 0.4) is 0 Å². The smallest absolute Gasteiger partial charge is 0.131 e. The Kier molecular flexibility index (Phi) is 1.80. The molecular formula is C13H10O3. The van der Waals surface area contributed by atoms with Gasteiger partial charge in [-0.2, -0.15) is 0 Å². The van der Waals surface area contributed by atoms with Crippen molar-refractivity contribution in [3.8, 4) is 23.0 Å². The third-order valence-corrected chi connectivity index (χ3v) is 2.69. The molecule has 3 heteroatoms. The zero-order chi connectivity index (χ0) is 11.1. The Hall–Kier alpha value is -2.16. The monoisotopic (exact) mass is 214 g/mol. The molecule has 0 atom stereocenters. The molecule has 2 N–H and O–H groups in total. The highest BCUT2D eigenvalue weighted by atomic mass is 16.5. The lowest BCUT2D eigenvalue weighted by atomic mass is 10.00. The zero-order valence-corrected chi connectivity index (χ0v) is 8.47. The lowest BCUT2D eigenvalue weighted by Gasteiger charge is -2.20. The highest BCUT2D eigenvalue weighted by Gasteiger charge is 2.17. The highest BCUT2D eigenvalue weighted by Crippen LogP contribution is 2.38. The van der Waals surface area contributed by atoms with Crippen LogP contribution in [0.4, 0.5) is 0 Å². The Morgan fingerprint density at radius 3 is 1.81 bits per heavy atom. The summed E-state index contributed by atoms with van der Waals surface area (Å²) >= 11 is 0. The molecular weight excluding hydrogens is 204 g/mol. The molecule has 80 valence electrons. The van der Waals surface area contributed by atoms with Gasteiger partial charge in [-0.25, -0.2) is 0 Å². The fourth-order valence-electron chi connectivity index (χ4n) is 1.93. The van der Waals surface area contributed by atoms with Gasteiger partial charge >= 0.3 is 0 Å². The first-order valence-electron chi connectivity index (χ1n) is 5.04. The van der Waals surface area contributed by atoms with Gasteiger partial charge in [0.05, 0.1) is 0 Å². The van der Waals surface area contributed by atoms with Gasteiger partial charge in [0.2, 0.25) is 0 Å². The van der Waals surface area contributed by atoms with Crippen molar-refractivity contribution in [2.24, 2.45) is 0 Å². The van der Waals surface area contributed by atoms with Crippen LogP contribution >= 0.6 is 0 Å². The predicted molar refractivity (Wildman–Crippen MR) is 59.1 cm³/mol. The normalized spacial score (nSPS) is 12.5. The van der Waals surface area contributed by atoms with Crippen LogP contribution in [0, 0.1) is 0 Å². The number of benzene rings is 2. The molecule has 0 saturated heterocycles. The van der Waals surface area contributed by atoms with Crippen LogP contribution in [0.15, 0.2) is 36.4 Å². The van der Waals surface area contributed by atoms with Gasteiger partial charge in [0.25, 0.3) is 0 Å². The van der Waals surface area contributed by atoms with Crippen LogP contribution < -0.4 is 4.74 Å². The lowest BCUT2D eigenvalue weighted by molar-refractivity contribution is 0.442. The molecule has 0 fully saturated rings. The van der Waals surface area contributed by atoms with Crippen molar-refractivity contribution in [2.45, 2.75) is 6.42 Å². The summed E-state index contributed by atoms with van der Waals surface area (Å²) in [6.45, 7) is 0. The Labute approximate surface area is 92.5 Å². The Bertz CT molecular complexity index is 512. The summed E-state index contributed by atoms with van der Waals surface area (Å²) in [6, 6.07) is 10.1. The quantitative estimate of drug-likeness (QED) is 0.605. The first-order valence-corrected chi connectivity index (χ1v) is 5.04. The fraction of sp³-hybridized carbons (Fsp3) is 0.0769. The minimum atomic E-state index is 0.228. The van der Waals surface area contributed by atoms with Crippen molar-refractivity contribution in [3.63, 3.8) is 0 Å². The molecule has 0 aromatic heterocycles. The summed E-state index contributed by atoms with van der Waals surface area (Å²) in [5, 5.41) is 18.8. The first kappa shape index (κ1) is 9.09. The van der Waals surface area contributed by atoms with Crippen molar-refractivity contribution in [2.75, 3.05) is 0 Å². The average Bonchev–Trinajstić information content (AvgIpc) is 2.26. The zero-order valence-electron chi connectivity index (χ0n) is 8.47. The van der Waals surface area contributed by atoms with Crippen LogP contribution in [0.25, 0.3) is 0 Å². The minimum Gasteiger partial charge on any atom is -0.508 e. The van der Waals surface area contributed by atoms with E-state index in [1.165, 1.54) is 0 Å². The van der Waals surface area contributed by atoms with Crippen molar-refractivity contribution in [1.29, 1.82) is 0 Å². The molecule has 16 heavy (non-hydrogen) atoms. The predicted octanol–water partition coefficient (Wildman–Crippen LogP) is 2.79. The van der Waals surface area contributed by atoms with Crippen LogP contribution in [0.2, 0.25) is 0 Å². The van der Waals surface area contributed by atoms with E-state index < -0.39 is 0 Å². The molecule has 3 nitrogen and oxygen atoms in total. The summed E-state index contributed by atoms with van der Waals surface area (Å²) in [5.74, 6) is 1.98. The fourth-order valence-corrected chi connectivity index (χ4v) is 1.93. The van der Waals surface area contributed by atoms with E-state index in [4.69, 9.17) is 4.74 Å². The van der Waals surface area contributed by atoms with Crippen LogP contribution in [-0.2, 0) is 6.42 Å². The number of hydrogen-bond donors (Lipinski definition) is 2. The van der Waals surface area contributed by atoms with Gasteiger partial charge in [0.15, 0.2) is 0 Å². The standard InChI is InChI=1S/C13H10O3/c14-10-1-3-12-8(6-10)5-9-7-11(15)2-4-13(9)16-12/h1-4,6-7,14-15H,5H2. The summed E-state index contributed by atoms with van der Waals surface area (Å²) in [6.07, 6.45) is 0.660. The van der Waals surface area contributed by atoms with Crippen LogP contribution in [0.5, 0.6) is 23.0 Å². The van der Waals surface area contributed by atoms with Gasteiger partial charge in [-0.05, 0) is 36.4 Å². The topological polar surface area (TPSA) is 49.7 Å². The van der Waals surface area contributed by atoms with Gasteiger partial charge in [0, 0.05) is 17.5 Å². The minimum absolute atomic E-state index is 0.228. The van der Waals surface area contributed by atoms with Crippen molar-refractivity contribution in [3.05, 3.63) is 47.5 Å². The van der Waals surface area contributed by atoms with E-state index in [0.29, 0.717) is 6.42 Å². The molecule has 0 unspecified atom stereocenters. The van der Waals surface area contributed by atoms with E-state index in [0.717, 1.165) is 22.6 Å². The summed E-state index contributed by atoms with van der Waals surface area (Å²) in [5.41, 5.74) is 1.86. The third kappa shape index (κ3) is 1.37. The molecule has 0 saturated carbocycles. The van der Waals surface area contributed by atoms with E-state index in [9.17, 15) is 10.2 Å². The molecule has 0 aliphatic carbocycles. The summed E-state index contributed by atoms with van der Waals surface area (Å²) in [4.78, 5) is 0. The SMILES string of the molecule is Oc1ccc2c(c1)Cc1cc(O)ccc1O2. The second-order valence-corrected chi connectivity index (χ2v) is 3.86. The van der Waals surface area contributed by atoms with Gasteiger partial charge in [0.1, 0.15) is 23.0 Å². The maximum atomic E-state index is 9.39. The molecule has 0 amide bonds. The van der Waals surface area contributed by atoms with E-state index in [2.05, 4.69) is 0 Å². The molecule has 1 aliphatic heterocycles. The second-order valence-electron chi connectivity index (χ2n) is 3.86. The van der Waals surface area contributed by atoms with E-state index >= 15 is 0 Å². The molecule has 0 radical (unpaired) electrons. The maximum Gasteiger partial charge on any atom is 0.131 e. The van der Waals surface area contributed by atoms with Crippen molar-refractivity contribution >= 4 is 0 Å². The largest absolute Gasteiger partial charge is 0.508 e. The number of hydrogen-bond acceptors (Lipinski definition) is 3. The molecule has 3 rings (SSSR count). The second kappa shape index (κ2) is 3.17. The first-order chi connectivity index (χ1) is 7.72. The molecule has 1 heterocycles. The van der Waals surface area contributed by atoms with Gasteiger partial charge < -0.3 is 14.9 Å². The van der Waals surface area contributed by atoms with E-state index in [1.807, 2.05) is 0 Å². The number of aromatic hydroxyl groups is 2. The average molecular weight is 214 g/mol. The molecule has 1 aliphatic rings. The van der Waals surface area contributed by atoms with Gasteiger partial charge in [-0.3, -0.25) is 0 Å². The van der Waals surface area contributed by atoms with Crippen LogP contribution in [0.1, 0.15) is 11.1 Å².